The average molecular weight is 262 g/mol. The van der Waals surface area contributed by atoms with Gasteiger partial charge < -0.3 is 9.64 Å². The van der Waals surface area contributed by atoms with E-state index in [2.05, 4.69) is 4.99 Å². The van der Waals surface area contributed by atoms with Crippen molar-refractivity contribution >= 4 is 12.3 Å². The quantitative estimate of drug-likeness (QED) is 0.782. The predicted molar refractivity (Wildman–Crippen MR) is 70.1 cm³/mol. The molecule has 1 aromatic carbocycles. The summed E-state index contributed by atoms with van der Waals surface area (Å²) in [5, 5.41) is 0. The number of hydrogen-bond acceptors (Lipinski definition) is 4. The van der Waals surface area contributed by atoms with Gasteiger partial charge in [0.2, 0.25) is 0 Å². The molecule has 1 unspecified atom stereocenters. The standard InChI is InChI=1S/C14H15FN2O2/c1-2-19-14(18)13(17-8-4-7-16-10-17)11-5-3-6-12(15)9-11/h3-7,9-10,13H,2,8H2,1H3. The Morgan fingerprint density at radius 3 is 3.05 bits per heavy atom. The number of halogens is 1. The smallest absolute Gasteiger partial charge is 0.333 e. The minimum Gasteiger partial charge on any atom is -0.464 e. The first-order chi connectivity index (χ1) is 9.22. The van der Waals surface area contributed by atoms with Gasteiger partial charge in [-0.25, -0.2) is 14.2 Å². The molecule has 1 atom stereocenters. The Balaban J connectivity index is 2.31. The molecule has 0 radical (unpaired) electrons. The van der Waals surface area contributed by atoms with Crippen molar-refractivity contribution < 1.29 is 13.9 Å². The second kappa shape index (κ2) is 6.13. The van der Waals surface area contributed by atoms with Crippen LogP contribution in [0.5, 0.6) is 0 Å². The highest BCUT2D eigenvalue weighted by Crippen LogP contribution is 2.23. The van der Waals surface area contributed by atoms with Gasteiger partial charge in [0.15, 0.2) is 6.04 Å². The van der Waals surface area contributed by atoms with Crippen LogP contribution in [0.25, 0.3) is 0 Å². The summed E-state index contributed by atoms with van der Waals surface area (Å²) >= 11 is 0. The van der Waals surface area contributed by atoms with E-state index in [0.717, 1.165) is 0 Å². The van der Waals surface area contributed by atoms with Gasteiger partial charge in [-0.3, -0.25) is 0 Å². The highest BCUT2D eigenvalue weighted by Gasteiger charge is 2.27. The van der Waals surface area contributed by atoms with E-state index in [1.54, 1.807) is 36.5 Å². The molecule has 0 spiro atoms. The van der Waals surface area contributed by atoms with Crippen molar-refractivity contribution in [2.24, 2.45) is 4.99 Å². The lowest BCUT2D eigenvalue weighted by atomic mass is 10.1. The number of benzene rings is 1. The topological polar surface area (TPSA) is 41.9 Å². The number of carbonyl (C=O) groups excluding carboxylic acids is 1. The first kappa shape index (κ1) is 13.3. The molecular formula is C14H15FN2O2. The molecule has 0 amide bonds. The molecule has 19 heavy (non-hydrogen) atoms. The van der Waals surface area contributed by atoms with Crippen LogP contribution in [0.2, 0.25) is 0 Å². The third kappa shape index (κ3) is 3.19. The van der Waals surface area contributed by atoms with Gasteiger partial charge in [0.1, 0.15) is 5.82 Å². The molecule has 1 heterocycles. The Kier molecular flexibility index (Phi) is 4.28. The van der Waals surface area contributed by atoms with Gasteiger partial charge in [0.05, 0.1) is 12.9 Å². The van der Waals surface area contributed by atoms with Gasteiger partial charge in [0, 0.05) is 12.7 Å². The van der Waals surface area contributed by atoms with Crippen LogP contribution in [0.4, 0.5) is 4.39 Å². The van der Waals surface area contributed by atoms with E-state index in [1.165, 1.54) is 12.1 Å². The lowest BCUT2D eigenvalue weighted by molar-refractivity contribution is -0.148. The zero-order valence-corrected chi connectivity index (χ0v) is 10.6. The summed E-state index contributed by atoms with van der Waals surface area (Å²) in [5.74, 6) is -0.786. The minimum absolute atomic E-state index is 0.283. The molecule has 1 aliphatic rings. The molecule has 5 heteroatoms. The SMILES string of the molecule is CCOC(=O)C(c1cccc(F)c1)N1C=NC=CC1. The van der Waals surface area contributed by atoms with Crippen molar-refractivity contribution in [3.05, 3.63) is 47.9 Å². The van der Waals surface area contributed by atoms with Crippen LogP contribution in [-0.4, -0.2) is 30.4 Å². The predicted octanol–water partition coefficient (Wildman–Crippen LogP) is 2.29. The van der Waals surface area contributed by atoms with Crippen molar-refractivity contribution in [1.82, 2.24) is 4.90 Å². The maximum absolute atomic E-state index is 13.3. The molecule has 2 rings (SSSR count). The van der Waals surface area contributed by atoms with E-state index in [9.17, 15) is 9.18 Å². The van der Waals surface area contributed by atoms with Gasteiger partial charge in [-0.1, -0.05) is 12.1 Å². The Morgan fingerprint density at radius 2 is 2.42 bits per heavy atom. The van der Waals surface area contributed by atoms with Gasteiger partial charge in [-0.15, -0.1) is 0 Å². The molecule has 4 nitrogen and oxygen atoms in total. The van der Waals surface area contributed by atoms with Crippen molar-refractivity contribution in [2.45, 2.75) is 13.0 Å². The fraction of sp³-hybridized carbons (Fsp3) is 0.286. The minimum atomic E-state index is -0.677. The summed E-state index contributed by atoms with van der Waals surface area (Å²) < 4.78 is 18.4. The van der Waals surface area contributed by atoms with Crippen LogP contribution in [-0.2, 0) is 9.53 Å². The van der Waals surface area contributed by atoms with Crippen LogP contribution in [0.3, 0.4) is 0 Å². The van der Waals surface area contributed by atoms with Crippen LogP contribution in [0, 0.1) is 5.82 Å². The van der Waals surface area contributed by atoms with Crippen LogP contribution < -0.4 is 0 Å². The third-order valence-electron chi connectivity index (χ3n) is 2.73. The second-order valence-corrected chi connectivity index (χ2v) is 4.06. The molecule has 0 N–H and O–H groups in total. The molecular weight excluding hydrogens is 247 g/mol. The normalized spacial score (nSPS) is 15.4. The lowest BCUT2D eigenvalue weighted by Gasteiger charge is -2.28. The van der Waals surface area contributed by atoms with Gasteiger partial charge >= 0.3 is 5.97 Å². The summed E-state index contributed by atoms with van der Waals surface area (Å²) in [7, 11) is 0. The maximum Gasteiger partial charge on any atom is 0.333 e. The Hall–Kier alpha value is -2.17. The number of ether oxygens (including phenoxy) is 1. The van der Waals surface area contributed by atoms with E-state index in [0.29, 0.717) is 12.1 Å². The molecule has 0 bridgehead atoms. The van der Waals surface area contributed by atoms with E-state index in [1.807, 2.05) is 6.08 Å². The molecule has 0 fully saturated rings. The Morgan fingerprint density at radius 1 is 1.58 bits per heavy atom. The Labute approximate surface area is 111 Å². The number of nitrogens with zero attached hydrogens (tertiary/aromatic N) is 2. The number of hydrogen-bond donors (Lipinski definition) is 0. The number of esters is 1. The summed E-state index contributed by atoms with van der Waals surface area (Å²) in [6.45, 7) is 2.56. The molecule has 0 aliphatic carbocycles. The van der Waals surface area contributed by atoms with Crippen molar-refractivity contribution in [1.29, 1.82) is 0 Å². The summed E-state index contributed by atoms with van der Waals surface area (Å²) in [6.07, 6.45) is 5.04. The van der Waals surface area contributed by atoms with Gasteiger partial charge in [0.25, 0.3) is 0 Å². The zero-order valence-electron chi connectivity index (χ0n) is 10.6. The molecule has 0 saturated heterocycles. The zero-order chi connectivity index (χ0) is 13.7. The molecule has 1 aliphatic heterocycles. The summed E-state index contributed by atoms with van der Waals surface area (Å²) in [5.41, 5.74) is 0.556. The maximum atomic E-state index is 13.3. The van der Waals surface area contributed by atoms with Crippen molar-refractivity contribution in [3.63, 3.8) is 0 Å². The fourth-order valence-corrected chi connectivity index (χ4v) is 1.93. The van der Waals surface area contributed by atoms with E-state index in [4.69, 9.17) is 4.74 Å². The van der Waals surface area contributed by atoms with Gasteiger partial charge in [-0.05, 0) is 30.7 Å². The summed E-state index contributed by atoms with van der Waals surface area (Å²) in [4.78, 5) is 17.8. The third-order valence-corrected chi connectivity index (χ3v) is 2.73. The fourth-order valence-electron chi connectivity index (χ4n) is 1.93. The van der Waals surface area contributed by atoms with E-state index in [-0.39, 0.29) is 12.4 Å². The highest BCUT2D eigenvalue weighted by atomic mass is 19.1. The Bertz CT molecular complexity index is 514. The first-order valence-electron chi connectivity index (χ1n) is 6.08. The highest BCUT2D eigenvalue weighted by molar-refractivity contribution is 5.81. The average Bonchev–Trinajstić information content (AvgIpc) is 2.40. The van der Waals surface area contributed by atoms with Crippen LogP contribution >= 0.6 is 0 Å². The second-order valence-electron chi connectivity index (χ2n) is 4.06. The lowest BCUT2D eigenvalue weighted by Crippen LogP contribution is -2.35. The van der Waals surface area contributed by atoms with Crippen molar-refractivity contribution in [3.8, 4) is 0 Å². The number of rotatable bonds is 4. The molecule has 0 aromatic heterocycles. The van der Waals surface area contributed by atoms with E-state index >= 15 is 0 Å². The van der Waals surface area contributed by atoms with Crippen LogP contribution in [0.15, 0.2) is 41.5 Å². The van der Waals surface area contributed by atoms with Gasteiger partial charge in [-0.2, -0.15) is 0 Å². The molecule has 1 aromatic rings. The largest absolute Gasteiger partial charge is 0.464 e. The monoisotopic (exact) mass is 262 g/mol. The van der Waals surface area contributed by atoms with Crippen molar-refractivity contribution in [2.75, 3.05) is 13.2 Å². The molecule has 0 saturated carbocycles. The first-order valence-corrected chi connectivity index (χ1v) is 6.08. The van der Waals surface area contributed by atoms with Crippen LogP contribution in [0.1, 0.15) is 18.5 Å². The number of carbonyl (C=O) groups is 1. The van der Waals surface area contributed by atoms with E-state index < -0.39 is 12.0 Å². The number of aliphatic imine (C=N–C) groups is 1. The molecule has 100 valence electrons. The summed E-state index contributed by atoms with van der Waals surface area (Å²) in [6, 6.07) is 5.29.